The van der Waals surface area contributed by atoms with Gasteiger partial charge < -0.3 is 9.26 Å². The van der Waals surface area contributed by atoms with E-state index >= 15 is 0 Å². The summed E-state index contributed by atoms with van der Waals surface area (Å²) in [6, 6.07) is 5.94. The van der Waals surface area contributed by atoms with Crippen molar-refractivity contribution in [3.8, 4) is 0 Å². The zero-order valence-electron chi connectivity index (χ0n) is 17.9. The van der Waals surface area contributed by atoms with Crippen LogP contribution < -0.4 is 4.90 Å². The average Bonchev–Trinajstić information content (AvgIpc) is 3.27. The van der Waals surface area contributed by atoms with Crippen LogP contribution in [-0.2, 0) is 22.5 Å². The van der Waals surface area contributed by atoms with Crippen LogP contribution in [0.15, 0.2) is 28.8 Å². The van der Waals surface area contributed by atoms with E-state index in [1.165, 1.54) is 17.0 Å². The van der Waals surface area contributed by atoms with Crippen LogP contribution in [0.1, 0.15) is 51.3 Å². The maximum absolute atomic E-state index is 13.3. The van der Waals surface area contributed by atoms with Gasteiger partial charge >= 0.3 is 5.97 Å². The quantitative estimate of drug-likeness (QED) is 0.473. The molecule has 0 aliphatic carbocycles. The second kappa shape index (κ2) is 9.82. The lowest BCUT2D eigenvalue weighted by Gasteiger charge is -2.20. The van der Waals surface area contributed by atoms with Crippen molar-refractivity contribution in [2.24, 2.45) is 0 Å². The molecular formula is C22H24FN3O4S. The summed E-state index contributed by atoms with van der Waals surface area (Å²) < 4.78 is 23.6. The molecule has 0 spiro atoms. The van der Waals surface area contributed by atoms with Crippen LogP contribution in [0.3, 0.4) is 0 Å². The molecule has 3 aromatic rings. The van der Waals surface area contributed by atoms with Gasteiger partial charge in [-0.3, -0.25) is 9.69 Å². The molecule has 0 aliphatic heterocycles. The molecule has 3 rings (SSSR count). The molecule has 31 heavy (non-hydrogen) atoms. The Bertz CT molecular complexity index is 1060. The van der Waals surface area contributed by atoms with Gasteiger partial charge in [0.25, 0.3) is 0 Å². The first-order valence-electron chi connectivity index (χ1n) is 9.91. The van der Waals surface area contributed by atoms with Gasteiger partial charge in [-0.05, 0) is 51.8 Å². The lowest BCUT2D eigenvalue weighted by Crippen LogP contribution is -2.30. The molecular weight excluding hydrogens is 421 g/mol. The monoisotopic (exact) mass is 445 g/mol. The van der Waals surface area contributed by atoms with E-state index in [0.29, 0.717) is 27.9 Å². The summed E-state index contributed by atoms with van der Waals surface area (Å²) in [6.45, 7) is 7.54. The average molecular weight is 446 g/mol. The molecule has 164 valence electrons. The zero-order valence-corrected chi connectivity index (χ0v) is 18.7. The Morgan fingerprint density at radius 3 is 2.48 bits per heavy atom. The van der Waals surface area contributed by atoms with Gasteiger partial charge in [-0.15, -0.1) is 0 Å². The minimum absolute atomic E-state index is 0.173. The fraction of sp³-hybridized carbons (Fsp3) is 0.364. The smallest absolute Gasteiger partial charge is 0.350 e. The Labute approximate surface area is 183 Å². The van der Waals surface area contributed by atoms with E-state index in [-0.39, 0.29) is 31.3 Å². The normalized spacial score (nSPS) is 10.9. The van der Waals surface area contributed by atoms with E-state index in [1.54, 1.807) is 26.0 Å². The number of thiazole rings is 1. The van der Waals surface area contributed by atoms with Gasteiger partial charge in [-0.25, -0.2) is 14.2 Å². The first-order chi connectivity index (χ1) is 14.8. The van der Waals surface area contributed by atoms with E-state index in [9.17, 15) is 14.0 Å². The minimum atomic E-state index is -0.464. The largest absolute Gasteiger partial charge is 0.462 e. The molecule has 1 amide bonds. The summed E-state index contributed by atoms with van der Waals surface area (Å²) in [6.07, 6.45) is 0.673. The van der Waals surface area contributed by atoms with Crippen LogP contribution in [0.5, 0.6) is 0 Å². The number of aryl methyl sites for hydroxylation is 3. The van der Waals surface area contributed by atoms with Gasteiger partial charge in [0.2, 0.25) is 5.91 Å². The molecule has 0 unspecified atom stereocenters. The number of carbonyl (C=O) groups excluding carboxylic acids is 2. The first kappa shape index (κ1) is 22.6. The molecule has 9 heteroatoms. The molecule has 0 N–H and O–H groups in total. The minimum Gasteiger partial charge on any atom is -0.462 e. The Kier molecular flexibility index (Phi) is 7.17. The van der Waals surface area contributed by atoms with Crippen molar-refractivity contribution in [1.82, 2.24) is 10.1 Å². The molecule has 0 bridgehead atoms. The van der Waals surface area contributed by atoms with Gasteiger partial charge in [0.1, 0.15) is 16.5 Å². The van der Waals surface area contributed by atoms with Crippen molar-refractivity contribution in [2.75, 3.05) is 11.5 Å². The van der Waals surface area contributed by atoms with Crippen LogP contribution >= 0.6 is 11.3 Å². The molecule has 7 nitrogen and oxygen atoms in total. The number of halogens is 1. The van der Waals surface area contributed by atoms with Crippen molar-refractivity contribution in [2.45, 2.75) is 47.1 Å². The molecule has 2 heterocycles. The number of esters is 1. The van der Waals surface area contributed by atoms with Crippen LogP contribution in [0.4, 0.5) is 9.52 Å². The summed E-state index contributed by atoms with van der Waals surface area (Å²) in [4.78, 5) is 31.7. The molecule has 0 saturated carbocycles. The van der Waals surface area contributed by atoms with Crippen LogP contribution in [0.25, 0.3) is 0 Å². The number of hydrogen-bond donors (Lipinski definition) is 0. The van der Waals surface area contributed by atoms with Crippen molar-refractivity contribution >= 4 is 28.3 Å². The number of aromatic nitrogens is 2. The van der Waals surface area contributed by atoms with Crippen molar-refractivity contribution in [3.63, 3.8) is 0 Å². The zero-order chi connectivity index (χ0) is 22.5. The predicted molar refractivity (Wildman–Crippen MR) is 115 cm³/mol. The Morgan fingerprint density at radius 1 is 1.16 bits per heavy atom. The number of hydrogen-bond acceptors (Lipinski definition) is 7. The summed E-state index contributed by atoms with van der Waals surface area (Å²) in [5, 5.41) is 4.32. The fourth-order valence-corrected chi connectivity index (χ4v) is 4.12. The lowest BCUT2D eigenvalue weighted by molar-refractivity contribution is -0.118. The van der Waals surface area contributed by atoms with E-state index < -0.39 is 5.97 Å². The van der Waals surface area contributed by atoms with Crippen molar-refractivity contribution in [3.05, 3.63) is 63.2 Å². The number of carbonyl (C=O) groups is 2. The standard InChI is InChI=1S/C22H24FN3O4S/c1-5-29-21(28)20-14(3)24-22(31-20)26(12-16-6-8-17(23)9-7-16)19(27)11-10-18-13(2)25-30-15(18)4/h6-9H,5,10-12H2,1-4H3. The molecule has 0 aliphatic rings. The SMILES string of the molecule is CCOC(=O)c1sc(N(Cc2ccc(F)cc2)C(=O)CCc2c(C)noc2C)nc1C. The number of anilines is 1. The number of rotatable bonds is 8. The number of benzene rings is 1. The third-order valence-electron chi connectivity index (χ3n) is 4.80. The van der Waals surface area contributed by atoms with Gasteiger partial charge in [0, 0.05) is 12.0 Å². The molecule has 0 fully saturated rings. The Morgan fingerprint density at radius 2 is 1.87 bits per heavy atom. The molecule has 0 radical (unpaired) electrons. The molecule has 1 aromatic carbocycles. The predicted octanol–water partition coefficient (Wildman–Crippen LogP) is 4.54. The van der Waals surface area contributed by atoms with Crippen molar-refractivity contribution in [1.29, 1.82) is 0 Å². The second-order valence-electron chi connectivity index (χ2n) is 7.04. The molecule has 0 saturated heterocycles. The van der Waals surface area contributed by atoms with E-state index in [1.807, 2.05) is 13.8 Å². The summed E-state index contributed by atoms with van der Waals surface area (Å²) in [5.74, 6) is -0.304. The lowest BCUT2D eigenvalue weighted by atomic mass is 10.1. The number of nitrogens with zero attached hydrogens (tertiary/aromatic N) is 3. The van der Waals surface area contributed by atoms with Gasteiger partial charge in [0.05, 0.1) is 24.5 Å². The maximum Gasteiger partial charge on any atom is 0.350 e. The highest BCUT2D eigenvalue weighted by Gasteiger charge is 2.25. The van der Waals surface area contributed by atoms with E-state index in [0.717, 1.165) is 28.2 Å². The third kappa shape index (κ3) is 5.35. The van der Waals surface area contributed by atoms with Gasteiger partial charge in [-0.2, -0.15) is 0 Å². The van der Waals surface area contributed by atoms with Crippen LogP contribution in [0.2, 0.25) is 0 Å². The highest BCUT2D eigenvalue weighted by Crippen LogP contribution is 2.29. The van der Waals surface area contributed by atoms with Gasteiger partial charge in [0.15, 0.2) is 5.13 Å². The first-order valence-corrected chi connectivity index (χ1v) is 10.7. The van der Waals surface area contributed by atoms with E-state index in [4.69, 9.17) is 9.26 Å². The van der Waals surface area contributed by atoms with Gasteiger partial charge in [-0.1, -0.05) is 28.6 Å². The Hall–Kier alpha value is -3.07. The summed E-state index contributed by atoms with van der Waals surface area (Å²) in [7, 11) is 0. The molecule has 2 aromatic heterocycles. The summed E-state index contributed by atoms with van der Waals surface area (Å²) in [5.41, 5.74) is 2.90. The number of amides is 1. The summed E-state index contributed by atoms with van der Waals surface area (Å²) >= 11 is 1.11. The molecule has 0 atom stereocenters. The highest BCUT2D eigenvalue weighted by atomic mass is 32.1. The van der Waals surface area contributed by atoms with Crippen LogP contribution in [0, 0.1) is 26.6 Å². The number of ether oxygens (including phenoxy) is 1. The highest BCUT2D eigenvalue weighted by molar-refractivity contribution is 7.17. The van der Waals surface area contributed by atoms with Crippen LogP contribution in [-0.4, -0.2) is 28.6 Å². The second-order valence-corrected chi connectivity index (χ2v) is 8.02. The third-order valence-corrected chi connectivity index (χ3v) is 5.96. The maximum atomic E-state index is 13.3. The topological polar surface area (TPSA) is 85.5 Å². The Balaban J connectivity index is 1.87. The van der Waals surface area contributed by atoms with Crippen molar-refractivity contribution < 1.29 is 23.2 Å². The van der Waals surface area contributed by atoms with E-state index in [2.05, 4.69) is 10.1 Å². The fourth-order valence-electron chi connectivity index (χ4n) is 3.14.